The van der Waals surface area contributed by atoms with Crippen LogP contribution in [0.5, 0.6) is 5.75 Å². The summed E-state index contributed by atoms with van der Waals surface area (Å²) in [6.07, 6.45) is 4.85. The van der Waals surface area contributed by atoms with Gasteiger partial charge < -0.3 is 4.74 Å². The Kier molecular flexibility index (Phi) is 5.47. The summed E-state index contributed by atoms with van der Waals surface area (Å²) >= 11 is 0. The van der Waals surface area contributed by atoms with E-state index in [9.17, 15) is 29.3 Å². The number of carbonyl (C=O) groups excluding carboxylic acids is 4. The lowest BCUT2D eigenvalue weighted by Crippen LogP contribution is -2.46. The highest BCUT2D eigenvalue weighted by molar-refractivity contribution is 6.25. The van der Waals surface area contributed by atoms with Crippen molar-refractivity contribution >= 4 is 41.2 Å². The molecule has 5 rings (SSSR count). The highest BCUT2D eigenvalue weighted by Gasteiger charge is 2.64. The number of esters is 1. The van der Waals surface area contributed by atoms with Gasteiger partial charge in [0.25, 0.3) is 5.69 Å². The van der Waals surface area contributed by atoms with Crippen LogP contribution in [-0.4, -0.2) is 51.8 Å². The summed E-state index contributed by atoms with van der Waals surface area (Å²) in [4.78, 5) is 63.9. The van der Waals surface area contributed by atoms with Crippen LogP contribution in [0.25, 0.3) is 0 Å². The standard InChI is InChI=1S/C25H20N4O7/c1-13-5-8-16(29(34)35)12-19(13)27-24(32)20-18-4-3-11-26-28(18)22(21(20)25(27)33)23(31)15-6-9-17(10-7-15)36-14(2)30/h3-12,18,20-22H,1-2H3/t18-,20-,21-,22+/m0/s1. The van der Waals surface area contributed by atoms with Crippen LogP contribution in [0.3, 0.4) is 0 Å². The molecule has 182 valence electrons. The minimum atomic E-state index is -1.07. The lowest BCUT2D eigenvalue weighted by Gasteiger charge is -2.30. The average molecular weight is 488 g/mol. The minimum absolute atomic E-state index is 0.125. The third-order valence-corrected chi connectivity index (χ3v) is 6.60. The molecule has 3 heterocycles. The predicted octanol–water partition coefficient (Wildman–Crippen LogP) is 2.43. The molecule has 11 nitrogen and oxygen atoms in total. The zero-order valence-corrected chi connectivity index (χ0v) is 19.2. The maximum Gasteiger partial charge on any atom is 0.308 e. The molecule has 2 aromatic rings. The van der Waals surface area contributed by atoms with Crippen LogP contribution in [0.15, 0.2) is 59.7 Å². The Morgan fingerprint density at radius 2 is 1.75 bits per heavy atom. The monoisotopic (exact) mass is 488 g/mol. The number of carbonyl (C=O) groups is 4. The topological polar surface area (TPSA) is 139 Å². The van der Waals surface area contributed by atoms with Gasteiger partial charge in [-0.05, 0) is 42.8 Å². The van der Waals surface area contributed by atoms with Gasteiger partial charge in [0.15, 0.2) is 5.78 Å². The number of amides is 2. The van der Waals surface area contributed by atoms with Crippen molar-refractivity contribution in [2.45, 2.75) is 25.9 Å². The zero-order chi connectivity index (χ0) is 25.7. The number of ketones is 1. The zero-order valence-electron chi connectivity index (χ0n) is 19.2. The summed E-state index contributed by atoms with van der Waals surface area (Å²) in [5.41, 5.74) is 0.642. The molecule has 3 aliphatic heterocycles. The molecule has 36 heavy (non-hydrogen) atoms. The van der Waals surface area contributed by atoms with Crippen LogP contribution in [0.2, 0.25) is 0 Å². The second-order valence-electron chi connectivity index (χ2n) is 8.74. The number of aryl methyl sites for hydroxylation is 1. The highest BCUT2D eigenvalue weighted by atomic mass is 16.6. The van der Waals surface area contributed by atoms with Crippen LogP contribution in [0.4, 0.5) is 11.4 Å². The number of hydrogen-bond donors (Lipinski definition) is 0. The molecule has 0 unspecified atom stereocenters. The first-order chi connectivity index (χ1) is 17.2. The average Bonchev–Trinajstić information content (AvgIpc) is 3.31. The van der Waals surface area contributed by atoms with Crippen molar-refractivity contribution in [2.24, 2.45) is 16.9 Å². The van der Waals surface area contributed by atoms with Crippen molar-refractivity contribution in [1.29, 1.82) is 0 Å². The molecule has 2 amide bonds. The molecule has 11 heteroatoms. The van der Waals surface area contributed by atoms with Gasteiger partial charge in [-0.2, -0.15) is 5.10 Å². The minimum Gasteiger partial charge on any atom is -0.427 e. The molecule has 2 fully saturated rings. The number of imide groups is 1. The maximum absolute atomic E-state index is 13.7. The molecule has 0 spiro atoms. The van der Waals surface area contributed by atoms with Gasteiger partial charge in [-0.1, -0.05) is 12.1 Å². The first-order valence-corrected chi connectivity index (χ1v) is 11.1. The number of nitro benzene ring substituents is 1. The quantitative estimate of drug-likeness (QED) is 0.156. The summed E-state index contributed by atoms with van der Waals surface area (Å²) in [5, 5.41) is 17.1. The maximum atomic E-state index is 13.7. The van der Waals surface area contributed by atoms with Gasteiger partial charge in [-0.3, -0.25) is 34.3 Å². The lowest BCUT2D eigenvalue weighted by molar-refractivity contribution is -0.384. The fourth-order valence-electron chi connectivity index (χ4n) is 5.05. The third-order valence-electron chi connectivity index (χ3n) is 6.60. The molecule has 2 saturated heterocycles. The third kappa shape index (κ3) is 3.56. The number of rotatable bonds is 5. The summed E-state index contributed by atoms with van der Waals surface area (Å²) in [6, 6.07) is 8.19. The number of nitro groups is 1. The smallest absolute Gasteiger partial charge is 0.308 e. The Morgan fingerprint density at radius 3 is 2.42 bits per heavy atom. The molecule has 0 aromatic heterocycles. The van der Waals surface area contributed by atoms with E-state index < -0.39 is 52.4 Å². The van der Waals surface area contributed by atoms with Crippen molar-refractivity contribution in [3.8, 4) is 5.75 Å². The van der Waals surface area contributed by atoms with E-state index in [1.165, 1.54) is 60.6 Å². The van der Waals surface area contributed by atoms with Crippen molar-refractivity contribution in [2.75, 3.05) is 4.90 Å². The summed E-state index contributed by atoms with van der Waals surface area (Å²) in [5.74, 6) is -3.74. The van der Waals surface area contributed by atoms with Crippen LogP contribution < -0.4 is 9.64 Å². The molecule has 3 aliphatic rings. The summed E-state index contributed by atoms with van der Waals surface area (Å²) < 4.78 is 5.01. The molecule has 0 aliphatic carbocycles. The van der Waals surface area contributed by atoms with Gasteiger partial charge in [0, 0.05) is 30.8 Å². The fourth-order valence-corrected chi connectivity index (χ4v) is 5.05. The van der Waals surface area contributed by atoms with Gasteiger partial charge in [-0.25, -0.2) is 4.90 Å². The van der Waals surface area contributed by atoms with E-state index in [4.69, 9.17) is 4.74 Å². The number of nitrogens with zero attached hydrogens (tertiary/aromatic N) is 4. The normalized spacial score (nSPS) is 24.1. The molecule has 0 bridgehead atoms. The van der Waals surface area contributed by atoms with Gasteiger partial charge >= 0.3 is 5.97 Å². The van der Waals surface area contributed by atoms with Crippen molar-refractivity contribution in [3.05, 3.63) is 75.9 Å². The molecule has 0 saturated carbocycles. The second-order valence-corrected chi connectivity index (χ2v) is 8.74. The van der Waals surface area contributed by atoms with Gasteiger partial charge in [0.2, 0.25) is 11.8 Å². The largest absolute Gasteiger partial charge is 0.427 e. The molecule has 0 N–H and O–H groups in total. The van der Waals surface area contributed by atoms with Gasteiger partial charge in [-0.15, -0.1) is 0 Å². The Balaban J connectivity index is 1.54. The number of hydrazone groups is 1. The van der Waals surface area contributed by atoms with E-state index in [-0.39, 0.29) is 22.7 Å². The van der Waals surface area contributed by atoms with Crippen LogP contribution in [-0.2, 0) is 14.4 Å². The fraction of sp³-hybridized carbons (Fsp3) is 0.240. The van der Waals surface area contributed by atoms with Gasteiger partial charge in [0.1, 0.15) is 11.8 Å². The van der Waals surface area contributed by atoms with Crippen LogP contribution >= 0.6 is 0 Å². The van der Waals surface area contributed by atoms with Gasteiger partial charge in [0.05, 0.1) is 28.5 Å². The van der Waals surface area contributed by atoms with E-state index in [0.717, 1.165) is 4.90 Å². The molecule has 0 radical (unpaired) electrons. The number of fused-ring (bicyclic) bond motifs is 3. The van der Waals surface area contributed by atoms with Crippen LogP contribution in [0.1, 0.15) is 22.8 Å². The van der Waals surface area contributed by atoms with E-state index in [0.29, 0.717) is 5.56 Å². The molecule has 4 atom stereocenters. The number of benzene rings is 2. The Morgan fingerprint density at radius 1 is 1.06 bits per heavy atom. The molecular formula is C25H20N4O7. The Hall–Kier alpha value is -4.67. The SMILES string of the molecule is CC(=O)Oc1ccc(C(=O)[C@H]2[C@H]3C(=O)N(c4cc([N+](=O)[O-])ccc4C)C(=O)[C@H]3[C@@H]3C=CC=NN32)cc1. The van der Waals surface area contributed by atoms with E-state index >= 15 is 0 Å². The number of non-ortho nitro benzene ring substituents is 1. The van der Waals surface area contributed by atoms with Crippen molar-refractivity contribution < 1.29 is 28.8 Å². The first-order valence-electron chi connectivity index (χ1n) is 11.1. The number of Topliss-reactive ketones (excluding diaryl/α,β-unsaturated/α-hetero) is 1. The van der Waals surface area contributed by atoms with E-state index in [1.54, 1.807) is 19.1 Å². The predicted molar refractivity (Wildman–Crippen MR) is 126 cm³/mol. The molecular weight excluding hydrogens is 468 g/mol. The highest BCUT2D eigenvalue weighted by Crippen LogP contribution is 2.47. The molecule has 2 aromatic carbocycles. The van der Waals surface area contributed by atoms with Crippen molar-refractivity contribution in [1.82, 2.24) is 5.01 Å². The second kappa shape index (κ2) is 8.52. The van der Waals surface area contributed by atoms with Crippen molar-refractivity contribution in [3.63, 3.8) is 0 Å². The number of allylic oxidation sites excluding steroid dienone is 1. The number of ether oxygens (including phenoxy) is 1. The summed E-state index contributed by atoms with van der Waals surface area (Å²) in [7, 11) is 0. The van der Waals surface area contributed by atoms with Crippen LogP contribution in [0, 0.1) is 28.9 Å². The Labute approximate surface area is 204 Å². The number of hydrogen-bond acceptors (Lipinski definition) is 9. The number of anilines is 1. The van der Waals surface area contributed by atoms with E-state index in [1.807, 2.05) is 0 Å². The lowest BCUT2D eigenvalue weighted by atomic mass is 9.86. The Bertz CT molecular complexity index is 1380. The van der Waals surface area contributed by atoms with E-state index in [2.05, 4.69) is 5.10 Å². The summed E-state index contributed by atoms with van der Waals surface area (Å²) in [6.45, 7) is 2.91. The first kappa shape index (κ1) is 23.1.